The summed E-state index contributed by atoms with van der Waals surface area (Å²) in [5.74, 6) is 0.682. The Morgan fingerprint density at radius 1 is 1.05 bits per heavy atom. The Balaban J connectivity index is 1.21. The standard InChI is InChI=1S/C32H33FN4O5/c1-40-30-19-25-27(20-31(30)41-16-4-15-37-13-2-3-14-37)34-12-11-28(25)42-29-10-7-23(17-26(29)33)18-32(39)36-35-21-22-5-8-24(38)9-6-22/h5-12,17,19-21,38H,2-4,13-16,18H2,1H3,(H,36,39)/b35-21+. The molecule has 1 aliphatic rings. The van der Waals surface area contributed by atoms with E-state index < -0.39 is 11.7 Å². The second-order valence-electron chi connectivity index (χ2n) is 10.0. The van der Waals surface area contributed by atoms with E-state index in [4.69, 9.17) is 14.2 Å². The number of aromatic hydroxyl groups is 1. The number of hydrazone groups is 1. The average molecular weight is 573 g/mol. The lowest BCUT2D eigenvalue weighted by Crippen LogP contribution is -2.21. The molecule has 0 spiro atoms. The zero-order valence-electron chi connectivity index (χ0n) is 23.4. The Morgan fingerprint density at radius 3 is 2.62 bits per heavy atom. The molecule has 2 heterocycles. The van der Waals surface area contributed by atoms with Crippen molar-refractivity contribution in [1.82, 2.24) is 15.3 Å². The number of nitrogens with zero attached hydrogens (tertiary/aromatic N) is 3. The monoisotopic (exact) mass is 572 g/mol. The Kier molecular flexibility index (Phi) is 9.45. The van der Waals surface area contributed by atoms with E-state index >= 15 is 4.39 Å². The first kappa shape index (κ1) is 28.8. The minimum absolute atomic E-state index is 0.0122. The lowest BCUT2D eigenvalue weighted by Gasteiger charge is -2.16. The smallest absolute Gasteiger partial charge is 0.244 e. The van der Waals surface area contributed by atoms with Gasteiger partial charge in [0.05, 0.1) is 31.9 Å². The fourth-order valence-corrected chi connectivity index (χ4v) is 4.79. The number of fused-ring (bicyclic) bond motifs is 1. The van der Waals surface area contributed by atoms with E-state index in [-0.39, 0.29) is 17.9 Å². The van der Waals surface area contributed by atoms with Crippen LogP contribution in [0.15, 0.2) is 72.0 Å². The molecule has 42 heavy (non-hydrogen) atoms. The van der Waals surface area contributed by atoms with Crippen molar-refractivity contribution in [2.24, 2.45) is 5.10 Å². The van der Waals surface area contributed by atoms with Gasteiger partial charge in [0.2, 0.25) is 5.91 Å². The van der Waals surface area contributed by atoms with Crippen molar-refractivity contribution in [3.05, 3.63) is 83.8 Å². The minimum Gasteiger partial charge on any atom is -0.508 e. The molecule has 1 amide bonds. The van der Waals surface area contributed by atoms with Crippen LogP contribution in [0, 0.1) is 5.82 Å². The predicted octanol–water partition coefficient (Wildman–Crippen LogP) is 5.44. The number of hydrogen-bond acceptors (Lipinski definition) is 8. The summed E-state index contributed by atoms with van der Waals surface area (Å²) in [4.78, 5) is 19.2. The van der Waals surface area contributed by atoms with Crippen molar-refractivity contribution < 1.29 is 28.5 Å². The van der Waals surface area contributed by atoms with Crippen LogP contribution in [0.2, 0.25) is 0 Å². The lowest BCUT2D eigenvalue weighted by molar-refractivity contribution is -0.120. The zero-order valence-corrected chi connectivity index (χ0v) is 23.4. The van der Waals surface area contributed by atoms with Crippen molar-refractivity contribution in [1.29, 1.82) is 0 Å². The van der Waals surface area contributed by atoms with Gasteiger partial charge in [-0.1, -0.05) is 6.07 Å². The molecule has 1 aliphatic heterocycles. The van der Waals surface area contributed by atoms with Gasteiger partial charge in [0.1, 0.15) is 11.5 Å². The fraction of sp³-hybridized carbons (Fsp3) is 0.281. The largest absolute Gasteiger partial charge is 0.508 e. The van der Waals surface area contributed by atoms with E-state index in [0.717, 1.165) is 26.1 Å². The van der Waals surface area contributed by atoms with E-state index in [2.05, 4.69) is 20.4 Å². The molecule has 0 aliphatic carbocycles. The SMILES string of the molecule is COc1cc2c(Oc3ccc(CC(=O)N/N=C/c4ccc(O)cc4)cc3F)ccnc2cc1OCCCN1CCCC1. The highest BCUT2D eigenvalue weighted by Crippen LogP contribution is 2.37. The number of ether oxygens (including phenoxy) is 3. The van der Waals surface area contributed by atoms with E-state index in [1.165, 1.54) is 43.3 Å². The van der Waals surface area contributed by atoms with Gasteiger partial charge >= 0.3 is 0 Å². The highest BCUT2D eigenvalue weighted by molar-refractivity contribution is 5.88. The number of methoxy groups -OCH3 is 1. The van der Waals surface area contributed by atoms with E-state index in [9.17, 15) is 9.90 Å². The molecule has 1 fully saturated rings. The molecular weight excluding hydrogens is 539 g/mol. The number of halogens is 1. The summed E-state index contributed by atoms with van der Waals surface area (Å²) in [5.41, 5.74) is 4.21. The zero-order chi connectivity index (χ0) is 29.3. The number of carbonyl (C=O) groups excluding carboxylic acids is 1. The Morgan fingerprint density at radius 2 is 1.86 bits per heavy atom. The highest BCUT2D eigenvalue weighted by atomic mass is 19.1. The van der Waals surface area contributed by atoms with Crippen LogP contribution in [0.3, 0.4) is 0 Å². The fourth-order valence-electron chi connectivity index (χ4n) is 4.79. The van der Waals surface area contributed by atoms with Gasteiger partial charge in [-0.25, -0.2) is 9.82 Å². The molecular formula is C32H33FN4O5. The van der Waals surface area contributed by atoms with Crippen LogP contribution >= 0.6 is 0 Å². The summed E-state index contributed by atoms with van der Waals surface area (Å²) < 4.78 is 32.6. The third-order valence-electron chi connectivity index (χ3n) is 6.94. The first-order valence-corrected chi connectivity index (χ1v) is 13.9. The third kappa shape index (κ3) is 7.52. The summed E-state index contributed by atoms with van der Waals surface area (Å²) in [6.07, 6.45) is 6.42. The first-order chi connectivity index (χ1) is 20.5. The van der Waals surface area contributed by atoms with Gasteiger partial charge in [0, 0.05) is 24.2 Å². The summed E-state index contributed by atoms with van der Waals surface area (Å²) in [6, 6.07) is 16.0. The number of carbonyl (C=O) groups is 1. The van der Waals surface area contributed by atoms with Gasteiger partial charge in [-0.2, -0.15) is 5.10 Å². The first-order valence-electron chi connectivity index (χ1n) is 13.9. The number of amides is 1. The molecule has 0 atom stereocenters. The number of phenolic OH excluding ortho intramolecular Hbond substituents is 1. The topological polar surface area (TPSA) is 106 Å². The normalized spacial score (nSPS) is 13.5. The van der Waals surface area contributed by atoms with Gasteiger partial charge in [0.15, 0.2) is 23.1 Å². The lowest BCUT2D eigenvalue weighted by atomic mass is 10.1. The number of rotatable bonds is 12. The van der Waals surface area contributed by atoms with Crippen molar-refractivity contribution in [2.45, 2.75) is 25.7 Å². The van der Waals surface area contributed by atoms with E-state index in [0.29, 0.717) is 45.9 Å². The van der Waals surface area contributed by atoms with Crippen molar-refractivity contribution in [3.63, 3.8) is 0 Å². The number of aromatic nitrogens is 1. The average Bonchev–Trinajstić information content (AvgIpc) is 3.51. The number of pyridine rings is 1. The molecule has 9 nitrogen and oxygen atoms in total. The number of nitrogens with one attached hydrogen (secondary N) is 1. The van der Waals surface area contributed by atoms with Crippen molar-refractivity contribution in [2.75, 3.05) is 33.4 Å². The Bertz CT molecular complexity index is 1560. The summed E-state index contributed by atoms with van der Waals surface area (Å²) >= 11 is 0. The van der Waals surface area contributed by atoms with Gasteiger partial charge in [-0.3, -0.25) is 9.78 Å². The van der Waals surface area contributed by atoms with Crippen LogP contribution in [-0.4, -0.2) is 60.5 Å². The summed E-state index contributed by atoms with van der Waals surface area (Å²) in [6.45, 7) is 3.89. The number of benzene rings is 3. The molecule has 4 aromatic rings. The number of phenols is 1. The Hall–Kier alpha value is -4.70. The van der Waals surface area contributed by atoms with Gasteiger partial charge in [-0.05, 0) is 92.0 Å². The molecule has 5 rings (SSSR count). The second-order valence-corrected chi connectivity index (χ2v) is 10.0. The molecule has 3 aromatic carbocycles. The molecule has 0 radical (unpaired) electrons. The molecule has 218 valence electrons. The van der Waals surface area contributed by atoms with Gasteiger partial charge < -0.3 is 24.2 Å². The molecule has 0 saturated carbocycles. The van der Waals surface area contributed by atoms with Crippen molar-refractivity contribution >= 4 is 23.0 Å². The van der Waals surface area contributed by atoms with E-state index in [1.54, 1.807) is 49.7 Å². The Labute approximate surface area is 243 Å². The summed E-state index contributed by atoms with van der Waals surface area (Å²) in [7, 11) is 1.57. The minimum atomic E-state index is -0.609. The third-order valence-corrected chi connectivity index (χ3v) is 6.94. The molecule has 1 aromatic heterocycles. The summed E-state index contributed by atoms with van der Waals surface area (Å²) in [5, 5.41) is 13.9. The van der Waals surface area contributed by atoms with Gasteiger partial charge in [0.25, 0.3) is 0 Å². The predicted molar refractivity (Wildman–Crippen MR) is 158 cm³/mol. The molecule has 0 bridgehead atoms. The number of hydrogen-bond donors (Lipinski definition) is 2. The van der Waals surface area contributed by atoms with Crippen LogP contribution in [0.25, 0.3) is 10.9 Å². The molecule has 1 saturated heterocycles. The maximum atomic E-state index is 15.0. The van der Waals surface area contributed by atoms with Crippen LogP contribution in [0.1, 0.15) is 30.4 Å². The molecule has 2 N–H and O–H groups in total. The molecule has 0 unspecified atom stereocenters. The van der Waals surface area contributed by atoms with Crippen LogP contribution in [0.5, 0.6) is 28.7 Å². The maximum absolute atomic E-state index is 15.0. The second kappa shape index (κ2) is 13.8. The highest BCUT2D eigenvalue weighted by Gasteiger charge is 2.15. The van der Waals surface area contributed by atoms with Crippen LogP contribution in [0.4, 0.5) is 4.39 Å². The van der Waals surface area contributed by atoms with Crippen LogP contribution in [-0.2, 0) is 11.2 Å². The van der Waals surface area contributed by atoms with Gasteiger partial charge in [-0.15, -0.1) is 0 Å². The van der Waals surface area contributed by atoms with Crippen LogP contribution < -0.4 is 19.6 Å². The maximum Gasteiger partial charge on any atom is 0.244 e. The molecule has 10 heteroatoms. The van der Waals surface area contributed by atoms with Crippen molar-refractivity contribution in [3.8, 4) is 28.7 Å². The quantitative estimate of drug-likeness (QED) is 0.132. The number of likely N-dealkylation sites (tertiary alicyclic amines) is 1. The van der Waals surface area contributed by atoms with E-state index in [1.807, 2.05) is 0 Å².